The summed E-state index contributed by atoms with van der Waals surface area (Å²) < 4.78 is 12.4. The Labute approximate surface area is 102 Å². The molecule has 90 valence electrons. The molecule has 0 saturated heterocycles. The Kier molecular flexibility index (Phi) is 4.70. The molecular weight excluding hydrogens is 213 g/mol. The van der Waals surface area contributed by atoms with Gasteiger partial charge < -0.3 is 5.32 Å². The first-order valence-electron chi connectivity index (χ1n) is 5.53. The van der Waals surface area contributed by atoms with E-state index in [2.05, 4.69) is 49.7 Å². The maximum Gasteiger partial charge on any atom is 0.116 e. The van der Waals surface area contributed by atoms with Crippen molar-refractivity contribution in [1.29, 1.82) is 0 Å². The lowest BCUT2D eigenvalue weighted by Crippen LogP contribution is -2.16. The molecule has 0 radical (unpaired) electrons. The molecule has 1 N–H and O–H groups in total. The van der Waals surface area contributed by atoms with Gasteiger partial charge in [-0.05, 0) is 31.6 Å². The van der Waals surface area contributed by atoms with Crippen LogP contribution in [-0.2, 0) is 0 Å². The molecule has 0 aliphatic carbocycles. The van der Waals surface area contributed by atoms with Gasteiger partial charge in [0.2, 0.25) is 0 Å². The van der Waals surface area contributed by atoms with E-state index >= 15 is 0 Å². The lowest BCUT2D eigenvalue weighted by molar-refractivity contribution is 0.659. The van der Waals surface area contributed by atoms with E-state index in [9.17, 15) is 4.39 Å². The lowest BCUT2D eigenvalue weighted by atomic mass is 10.1. The summed E-state index contributed by atoms with van der Waals surface area (Å²) in [5, 5.41) is 3.18. The molecule has 0 fully saturated rings. The first-order chi connectivity index (χ1) is 7.99. The zero-order valence-electron chi connectivity index (χ0n) is 10.3. The van der Waals surface area contributed by atoms with E-state index in [4.69, 9.17) is 0 Å². The molecule has 1 nitrogen and oxygen atoms in total. The van der Waals surface area contributed by atoms with Crippen LogP contribution in [0.15, 0.2) is 61.1 Å². The highest BCUT2D eigenvalue weighted by Gasteiger charge is 2.03. The first-order valence-corrected chi connectivity index (χ1v) is 5.53. The molecule has 0 spiro atoms. The van der Waals surface area contributed by atoms with E-state index in [1.807, 2.05) is 6.92 Å². The zero-order valence-corrected chi connectivity index (χ0v) is 10.3. The van der Waals surface area contributed by atoms with E-state index in [0.29, 0.717) is 5.70 Å². The molecule has 0 aliphatic heterocycles. The van der Waals surface area contributed by atoms with Crippen LogP contribution in [0.2, 0.25) is 0 Å². The predicted molar refractivity (Wildman–Crippen MR) is 71.3 cm³/mol. The third kappa shape index (κ3) is 4.68. The van der Waals surface area contributed by atoms with Gasteiger partial charge in [0.25, 0.3) is 0 Å². The molecule has 1 atom stereocenters. The van der Waals surface area contributed by atoms with Crippen molar-refractivity contribution in [1.82, 2.24) is 5.32 Å². The Balaban J connectivity index is 2.60. The second-order valence-electron chi connectivity index (χ2n) is 4.08. The molecule has 0 saturated carbocycles. The number of aryl methyl sites for hydroxylation is 1. The van der Waals surface area contributed by atoms with Gasteiger partial charge in [0.15, 0.2) is 0 Å². The molecule has 0 aliphatic rings. The fourth-order valence-electron chi connectivity index (χ4n) is 1.46. The van der Waals surface area contributed by atoms with Gasteiger partial charge >= 0.3 is 0 Å². The number of allylic oxidation sites excluding steroid dienone is 3. The van der Waals surface area contributed by atoms with Crippen LogP contribution in [-0.4, -0.2) is 0 Å². The van der Waals surface area contributed by atoms with Crippen molar-refractivity contribution in [2.75, 3.05) is 0 Å². The second-order valence-corrected chi connectivity index (χ2v) is 4.08. The van der Waals surface area contributed by atoms with Gasteiger partial charge in [0.1, 0.15) is 5.83 Å². The Hall–Kier alpha value is -1.83. The Morgan fingerprint density at radius 3 is 2.35 bits per heavy atom. The maximum absolute atomic E-state index is 12.4. The Bertz CT molecular complexity index is 429. The summed E-state index contributed by atoms with van der Waals surface area (Å²) in [6.45, 7) is 11.0. The minimum absolute atomic E-state index is 0.139. The number of benzene rings is 1. The van der Waals surface area contributed by atoms with Gasteiger partial charge in [0, 0.05) is 11.7 Å². The van der Waals surface area contributed by atoms with Crippen LogP contribution < -0.4 is 5.32 Å². The summed E-state index contributed by atoms with van der Waals surface area (Å²) in [4.78, 5) is 0. The Morgan fingerprint density at radius 2 is 1.82 bits per heavy atom. The summed E-state index contributed by atoms with van der Waals surface area (Å²) in [5.74, 6) is -0.476. The maximum atomic E-state index is 12.4. The smallest absolute Gasteiger partial charge is 0.116 e. The van der Waals surface area contributed by atoms with Gasteiger partial charge in [-0.15, -0.1) is 0 Å². The molecule has 1 aromatic rings. The highest BCUT2D eigenvalue weighted by atomic mass is 19.1. The lowest BCUT2D eigenvalue weighted by Gasteiger charge is -2.15. The van der Waals surface area contributed by atoms with Crippen LogP contribution in [0.25, 0.3) is 0 Å². The quantitative estimate of drug-likeness (QED) is 0.749. The minimum Gasteiger partial charge on any atom is -0.379 e. The number of hydrogen-bond acceptors (Lipinski definition) is 1. The van der Waals surface area contributed by atoms with Crippen LogP contribution >= 0.6 is 0 Å². The number of nitrogens with one attached hydrogen (secondary N) is 1. The van der Waals surface area contributed by atoms with Gasteiger partial charge in [0.05, 0.1) is 0 Å². The Morgan fingerprint density at radius 1 is 1.24 bits per heavy atom. The van der Waals surface area contributed by atoms with Crippen LogP contribution in [0.4, 0.5) is 4.39 Å². The summed E-state index contributed by atoms with van der Waals surface area (Å²) in [5.41, 5.74) is 3.06. The van der Waals surface area contributed by atoms with Crippen molar-refractivity contribution in [3.8, 4) is 0 Å². The summed E-state index contributed by atoms with van der Waals surface area (Å²) in [6, 6.07) is 8.40. The van der Waals surface area contributed by atoms with E-state index in [0.717, 1.165) is 0 Å². The number of halogens is 1. The van der Waals surface area contributed by atoms with Crippen LogP contribution in [0, 0.1) is 6.92 Å². The van der Waals surface area contributed by atoms with E-state index in [1.165, 1.54) is 17.2 Å². The highest BCUT2D eigenvalue weighted by Crippen LogP contribution is 2.14. The molecule has 1 rings (SSSR count). The fourth-order valence-corrected chi connectivity index (χ4v) is 1.46. The topological polar surface area (TPSA) is 12.0 Å². The zero-order chi connectivity index (χ0) is 12.8. The van der Waals surface area contributed by atoms with Crippen LogP contribution in [0.1, 0.15) is 24.1 Å². The number of hydrogen-bond donors (Lipinski definition) is 1. The van der Waals surface area contributed by atoms with Crippen molar-refractivity contribution in [3.63, 3.8) is 0 Å². The second kappa shape index (κ2) is 6.04. The molecule has 17 heavy (non-hydrogen) atoms. The van der Waals surface area contributed by atoms with Gasteiger partial charge in [-0.3, -0.25) is 0 Å². The van der Waals surface area contributed by atoms with Crippen LogP contribution in [0.5, 0.6) is 0 Å². The van der Waals surface area contributed by atoms with E-state index in [1.54, 1.807) is 6.08 Å². The molecule has 2 heteroatoms. The average molecular weight is 231 g/mol. The average Bonchev–Trinajstić information content (AvgIpc) is 2.27. The molecule has 1 unspecified atom stereocenters. The van der Waals surface area contributed by atoms with E-state index in [-0.39, 0.29) is 6.04 Å². The summed E-state index contributed by atoms with van der Waals surface area (Å²) in [6.07, 6.45) is 2.87. The molecule has 0 bridgehead atoms. The van der Waals surface area contributed by atoms with Crippen molar-refractivity contribution in [2.45, 2.75) is 19.9 Å². The first kappa shape index (κ1) is 13.2. The molecule has 1 aromatic carbocycles. The molecule has 0 aromatic heterocycles. The molecule has 0 heterocycles. The van der Waals surface area contributed by atoms with Gasteiger partial charge in [-0.1, -0.05) is 43.0 Å². The van der Waals surface area contributed by atoms with Gasteiger partial charge in [-0.2, -0.15) is 0 Å². The van der Waals surface area contributed by atoms with Crippen LogP contribution in [0.3, 0.4) is 0 Å². The van der Waals surface area contributed by atoms with E-state index < -0.39 is 5.83 Å². The predicted octanol–water partition coefficient (Wildman–Crippen LogP) is 4.20. The normalized spacial score (nSPS) is 12.4. The largest absolute Gasteiger partial charge is 0.379 e. The standard InChI is InChI=1S/C15H18FN/c1-11-5-9-15(10-6-11)14(4)17-13(3)8-7-12(2)16/h5-10,14,17H,2-3H2,1,4H3/b8-7-. The fraction of sp³-hybridized carbons (Fsp3) is 0.200. The SMILES string of the molecule is C=C(F)/C=C\C(=C)NC(C)c1ccc(C)cc1. The monoisotopic (exact) mass is 231 g/mol. The van der Waals surface area contributed by atoms with Gasteiger partial charge in [-0.25, -0.2) is 4.39 Å². The van der Waals surface area contributed by atoms with Crippen molar-refractivity contribution >= 4 is 0 Å². The van der Waals surface area contributed by atoms with Crippen molar-refractivity contribution < 1.29 is 4.39 Å². The molecular formula is C15H18FN. The summed E-state index contributed by atoms with van der Waals surface area (Å²) in [7, 11) is 0. The molecule has 0 amide bonds. The minimum atomic E-state index is -0.476. The summed E-state index contributed by atoms with van der Waals surface area (Å²) >= 11 is 0. The van der Waals surface area contributed by atoms with Crippen molar-refractivity contribution in [3.05, 3.63) is 72.2 Å². The third-order valence-corrected chi connectivity index (χ3v) is 2.44. The third-order valence-electron chi connectivity index (χ3n) is 2.44. The highest BCUT2D eigenvalue weighted by molar-refractivity contribution is 5.26. The number of rotatable bonds is 5. The van der Waals surface area contributed by atoms with Crippen molar-refractivity contribution in [2.24, 2.45) is 0 Å².